The number of carbonyl (C=O) groups is 1. The van der Waals surface area contributed by atoms with E-state index in [-0.39, 0.29) is 40.0 Å². The van der Waals surface area contributed by atoms with Crippen LogP contribution in [-0.4, -0.2) is 25.6 Å². The minimum Gasteiger partial charge on any atom is -0.545 e. The Morgan fingerprint density at radius 3 is 2.34 bits per heavy atom. The summed E-state index contributed by atoms with van der Waals surface area (Å²) in [6.45, 7) is 5.72. The van der Waals surface area contributed by atoms with E-state index in [2.05, 4.69) is 0 Å². The summed E-state index contributed by atoms with van der Waals surface area (Å²) in [4.78, 5) is 18.4. The summed E-state index contributed by atoms with van der Waals surface area (Å²) in [6.07, 6.45) is 0.683. The zero-order valence-corrected chi connectivity index (χ0v) is 25.4. The van der Waals surface area contributed by atoms with Gasteiger partial charge >= 0.3 is 29.6 Å². The largest absolute Gasteiger partial charge is 1.00 e. The van der Waals surface area contributed by atoms with Gasteiger partial charge in [0.15, 0.2) is 9.84 Å². The third-order valence-electron chi connectivity index (χ3n) is 6.50. The first kappa shape index (κ1) is 28.3. The van der Waals surface area contributed by atoms with Crippen LogP contribution in [0.15, 0.2) is 71.6 Å². The van der Waals surface area contributed by atoms with Crippen molar-refractivity contribution in [2.45, 2.75) is 31.8 Å². The number of rotatable bonds is 6. The van der Waals surface area contributed by atoms with Crippen molar-refractivity contribution >= 4 is 48.1 Å². The predicted molar refractivity (Wildman–Crippen MR) is 145 cm³/mol. The minimum atomic E-state index is -3.31. The second-order valence-electron chi connectivity index (χ2n) is 9.10. The van der Waals surface area contributed by atoms with Crippen LogP contribution in [0.1, 0.15) is 40.1 Å². The summed E-state index contributed by atoms with van der Waals surface area (Å²) >= 11 is 1.58. The molecule has 6 nitrogen and oxygen atoms in total. The maximum atomic E-state index is 12.4. The average Bonchev–Trinajstić information content (AvgIpc) is 3.21. The molecule has 2 heterocycles. The van der Waals surface area contributed by atoms with Crippen LogP contribution in [0, 0.1) is 13.8 Å². The number of pyridine rings is 1. The second kappa shape index (κ2) is 10.8. The van der Waals surface area contributed by atoms with Gasteiger partial charge in [0.2, 0.25) is 0 Å². The van der Waals surface area contributed by atoms with E-state index in [1.54, 1.807) is 35.6 Å². The van der Waals surface area contributed by atoms with E-state index in [1.807, 2.05) is 51.1 Å². The molecule has 0 aliphatic carbocycles. The number of carboxylic acids is 1. The molecule has 0 saturated carbocycles. The normalized spacial score (nSPS) is 12.3. The fraction of sp³-hybridized carbons (Fsp3) is 0.172. The Hall–Kier alpha value is -2.75. The van der Waals surface area contributed by atoms with Crippen molar-refractivity contribution in [1.29, 1.82) is 0 Å². The van der Waals surface area contributed by atoms with Crippen molar-refractivity contribution in [2.75, 3.05) is 6.26 Å². The van der Waals surface area contributed by atoms with Gasteiger partial charge in [0.05, 0.1) is 32.3 Å². The van der Waals surface area contributed by atoms with E-state index in [1.165, 1.54) is 12.1 Å². The van der Waals surface area contributed by atoms with Crippen LogP contribution in [-0.2, 0) is 9.84 Å². The fourth-order valence-electron chi connectivity index (χ4n) is 4.48. The van der Waals surface area contributed by atoms with Crippen molar-refractivity contribution in [3.8, 4) is 16.3 Å². The number of carbonyl (C=O) groups excluding carboxylic acids is 1. The fourth-order valence-corrected chi connectivity index (χ4v) is 6.28. The molecule has 0 N–H and O–H groups in total. The zero-order chi connectivity index (χ0) is 26.5. The van der Waals surface area contributed by atoms with E-state index in [9.17, 15) is 18.3 Å². The molecule has 0 radical (unpaired) electrons. The van der Waals surface area contributed by atoms with Crippen molar-refractivity contribution in [3.05, 3.63) is 89.0 Å². The molecule has 9 heteroatoms. The number of hydrogen-bond donors (Lipinski definition) is 0. The Morgan fingerprint density at radius 2 is 1.71 bits per heavy atom. The molecule has 0 aliphatic rings. The van der Waals surface area contributed by atoms with Crippen molar-refractivity contribution in [3.63, 3.8) is 0 Å². The molecular weight excluding hydrogens is 529 g/mol. The van der Waals surface area contributed by atoms with E-state index >= 15 is 0 Å². The smallest absolute Gasteiger partial charge is 0.545 e. The van der Waals surface area contributed by atoms with Crippen molar-refractivity contribution in [1.82, 2.24) is 4.98 Å². The molecule has 5 aromatic rings. The molecule has 3 aromatic carbocycles. The molecular formula is C29H24NNaO5S2. The quantitative estimate of drug-likeness (QED) is 0.300. The van der Waals surface area contributed by atoms with Gasteiger partial charge in [-0.05, 0) is 73.2 Å². The molecule has 1 unspecified atom stereocenters. The van der Waals surface area contributed by atoms with Crippen LogP contribution < -0.4 is 39.4 Å². The molecule has 0 amide bonds. The molecule has 38 heavy (non-hydrogen) atoms. The molecule has 0 aliphatic heterocycles. The first-order valence-corrected chi connectivity index (χ1v) is 14.4. The van der Waals surface area contributed by atoms with Gasteiger partial charge in [0, 0.05) is 16.5 Å². The Labute approximate surface area is 247 Å². The third kappa shape index (κ3) is 5.24. The van der Waals surface area contributed by atoms with Crippen molar-refractivity contribution in [2.24, 2.45) is 0 Å². The van der Waals surface area contributed by atoms with Gasteiger partial charge < -0.3 is 14.6 Å². The molecule has 5 rings (SSSR count). The summed E-state index contributed by atoms with van der Waals surface area (Å²) in [5.74, 6) is -0.945. The Kier molecular flexibility index (Phi) is 8.02. The van der Waals surface area contributed by atoms with Gasteiger partial charge in [0.25, 0.3) is 0 Å². The Morgan fingerprint density at radius 1 is 1.03 bits per heavy atom. The summed E-state index contributed by atoms with van der Waals surface area (Å²) in [6, 6.07) is 19.6. The molecule has 0 bridgehead atoms. The second-order valence-corrected chi connectivity index (χ2v) is 12.2. The van der Waals surface area contributed by atoms with E-state index < -0.39 is 21.9 Å². The number of aromatic carboxylic acids is 1. The molecule has 0 fully saturated rings. The maximum Gasteiger partial charge on any atom is 1.00 e. The number of sulfone groups is 1. The molecule has 0 spiro atoms. The minimum absolute atomic E-state index is 0. The average molecular weight is 554 g/mol. The maximum absolute atomic E-state index is 12.4. The number of benzene rings is 3. The monoisotopic (exact) mass is 553 g/mol. The summed E-state index contributed by atoms with van der Waals surface area (Å²) < 4.78 is 30.9. The third-order valence-corrected chi connectivity index (χ3v) is 8.93. The zero-order valence-electron chi connectivity index (χ0n) is 21.7. The van der Waals surface area contributed by atoms with Crippen LogP contribution in [0.3, 0.4) is 0 Å². The number of thiophene rings is 1. The number of nitrogens with zero attached hydrogens (tertiary/aromatic N) is 1. The molecule has 1 atom stereocenters. The van der Waals surface area contributed by atoms with Gasteiger partial charge in [-0.3, -0.25) is 0 Å². The van der Waals surface area contributed by atoms with Gasteiger partial charge in [0.1, 0.15) is 11.9 Å². The SMILES string of the molecule is Cc1c(-c2cc(C(=O)[O-])c3c(OC(C)c4ccc(S(C)(=O)=O)cc4)ccc(C)c3n2)sc2ccccc12.[Na+]. The van der Waals surface area contributed by atoms with E-state index in [0.29, 0.717) is 22.3 Å². The molecule has 2 aromatic heterocycles. The van der Waals surface area contributed by atoms with Crippen LogP contribution in [0.2, 0.25) is 0 Å². The van der Waals surface area contributed by atoms with Gasteiger partial charge in [-0.2, -0.15) is 0 Å². The predicted octanol–water partition coefficient (Wildman–Crippen LogP) is 2.64. The van der Waals surface area contributed by atoms with Crippen LogP contribution >= 0.6 is 11.3 Å². The van der Waals surface area contributed by atoms with Gasteiger partial charge in [-0.15, -0.1) is 11.3 Å². The van der Waals surface area contributed by atoms with Crippen molar-refractivity contribution < 1.29 is 52.6 Å². The summed E-state index contributed by atoms with van der Waals surface area (Å²) in [7, 11) is -3.31. The number of ether oxygens (including phenoxy) is 1. The Balaban J connectivity index is 0.00000336. The van der Waals surface area contributed by atoms with E-state index in [4.69, 9.17) is 9.72 Å². The summed E-state index contributed by atoms with van der Waals surface area (Å²) in [5.41, 5.74) is 3.74. The van der Waals surface area contributed by atoms with Crippen LogP contribution in [0.4, 0.5) is 0 Å². The van der Waals surface area contributed by atoms with Crippen LogP contribution in [0.5, 0.6) is 5.75 Å². The van der Waals surface area contributed by atoms with Gasteiger partial charge in [-0.1, -0.05) is 36.4 Å². The number of hydrogen-bond acceptors (Lipinski definition) is 7. The standard InChI is InChI=1S/C29H25NO5S2.Na/c1-16-9-14-24(35-18(3)19-10-12-20(13-11-19)37(4,33)34)26-22(29(31)32)15-23(30-27(16)26)28-17(2)21-7-5-6-8-25(21)36-28;/h5-15,18H,1-4H3,(H,31,32);/q;+1/p-1. The molecule has 0 saturated heterocycles. The number of fused-ring (bicyclic) bond motifs is 2. The first-order valence-electron chi connectivity index (χ1n) is 11.7. The first-order chi connectivity index (χ1) is 17.5. The van der Waals surface area contributed by atoms with Gasteiger partial charge in [-0.25, -0.2) is 13.4 Å². The number of carboxylic acid groups (broad SMARTS) is 1. The van der Waals surface area contributed by atoms with Crippen LogP contribution in [0.25, 0.3) is 31.6 Å². The number of aryl methyl sites for hydroxylation is 2. The number of aromatic nitrogens is 1. The van der Waals surface area contributed by atoms with E-state index in [0.717, 1.165) is 37.9 Å². The Bertz CT molecular complexity index is 1790. The molecule has 188 valence electrons. The topological polar surface area (TPSA) is 96.4 Å². The summed E-state index contributed by atoms with van der Waals surface area (Å²) in [5, 5.41) is 13.9.